The number of piperidine rings is 1. The van der Waals surface area contributed by atoms with E-state index in [1.165, 1.54) is 28.6 Å². The number of amides is 1. The maximum atomic E-state index is 13.0. The molecule has 1 aliphatic rings. The van der Waals surface area contributed by atoms with Gasteiger partial charge >= 0.3 is 5.97 Å². The SMILES string of the molecule is CCOC(=O)c1ccc(S(=O)(=O)N2CCC(C(=O)Nc3ccc(N(C)C)cc3C)CC2)cc1. The number of ether oxygens (including phenoxy) is 1. The Kier molecular flexibility index (Phi) is 7.76. The second-order valence-corrected chi connectivity index (χ2v) is 10.2. The lowest BCUT2D eigenvalue weighted by molar-refractivity contribution is -0.120. The lowest BCUT2D eigenvalue weighted by atomic mass is 9.97. The Morgan fingerprint density at radius 1 is 1.09 bits per heavy atom. The van der Waals surface area contributed by atoms with Crippen LogP contribution in [0.3, 0.4) is 0 Å². The van der Waals surface area contributed by atoms with Crippen LogP contribution < -0.4 is 10.2 Å². The first-order valence-electron chi connectivity index (χ1n) is 11.0. The molecule has 8 nitrogen and oxygen atoms in total. The standard InChI is InChI=1S/C24H31N3O5S/c1-5-32-24(29)19-6-9-21(10-7-19)33(30,31)27-14-12-18(13-15-27)23(28)25-22-11-8-20(26(3)4)16-17(22)2/h6-11,16,18H,5,12-15H2,1-4H3,(H,25,28). The molecule has 0 radical (unpaired) electrons. The van der Waals surface area contributed by atoms with Crippen molar-refractivity contribution in [1.82, 2.24) is 4.31 Å². The number of esters is 1. The number of hydrogen-bond donors (Lipinski definition) is 1. The van der Waals surface area contributed by atoms with Crippen LogP contribution in [0.25, 0.3) is 0 Å². The monoisotopic (exact) mass is 473 g/mol. The fourth-order valence-corrected chi connectivity index (χ4v) is 5.26. The number of carbonyl (C=O) groups excluding carboxylic acids is 2. The molecule has 178 valence electrons. The van der Waals surface area contributed by atoms with Gasteiger partial charge in [0.1, 0.15) is 0 Å². The normalized spacial score (nSPS) is 15.2. The number of carbonyl (C=O) groups is 2. The van der Waals surface area contributed by atoms with Crippen LogP contribution in [0, 0.1) is 12.8 Å². The van der Waals surface area contributed by atoms with Gasteiger partial charge in [0.25, 0.3) is 0 Å². The van der Waals surface area contributed by atoms with Crippen LogP contribution in [0.5, 0.6) is 0 Å². The molecule has 1 aliphatic heterocycles. The van der Waals surface area contributed by atoms with Crippen molar-refractivity contribution >= 4 is 33.3 Å². The Balaban J connectivity index is 1.60. The van der Waals surface area contributed by atoms with Crippen LogP contribution >= 0.6 is 0 Å². The molecule has 0 aromatic heterocycles. The summed E-state index contributed by atoms with van der Waals surface area (Å²) in [6, 6.07) is 11.6. The van der Waals surface area contributed by atoms with E-state index >= 15 is 0 Å². The highest BCUT2D eigenvalue weighted by atomic mass is 32.2. The number of sulfonamides is 1. The highest BCUT2D eigenvalue weighted by Gasteiger charge is 2.32. The van der Waals surface area contributed by atoms with Crippen LogP contribution in [-0.4, -0.2) is 58.4 Å². The van der Waals surface area contributed by atoms with Gasteiger partial charge in [-0.2, -0.15) is 4.31 Å². The number of aryl methyl sites for hydroxylation is 1. The van der Waals surface area contributed by atoms with Crippen molar-refractivity contribution in [2.75, 3.05) is 44.0 Å². The van der Waals surface area contributed by atoms with Crippen LogP contribution in [0.1, 0.15) is 35.7 Å². The predicted octanol–water partition coefficient (Wildman–Crippen LogP) is 3.28. The van der Waals surface area contributed by atoms with Gasteiger partial charge in [-0.05, 0) is 74.7 Å². The first-order chi connectivity index (χ1) is 15.6. The van der Waals surface area contributed by atoms with Crippen molar-refractivity contribution in [2.45, 2.75) is 31.6 Å². The van der Waals surface area contributed by atoms with E-state index in [4.69, 9.17) is 4.74 Å². The summed E-state index contributed by atoms with van der Waals surface area (Å²) in [6.07, 6.45) is 0.890. The van der Waals surface area contributed by atoms with Gasteiger partial charge in [0.2, 0.25) is 15.9 Å². The average molecular weight is 474 g/mol. The van der Waals surface area contributed by atoms with Crippen molar-refractivity contribution in [3.05, 3.63) is 53.6 Å². The maximum Gasteiger partial charge on any atom is 0.338 e. The number of hydrogen-bond acceptors (Lipinski definition) is 6. The summed E-state index contributed by atoms with van der Waals surface area (Å²) < 4.78 is 32.3. The van der Waals surface area contributed by atoms with Gasteiger partial charge in [0.05, 0.1) is 17.1 Å². The van der Waals surface area contributed by atoms with E-state index in [-0.39, 0.29) is 36.4 Å². The van der Waals surface area contributed by atoms with Crippen LogP contribution in [0.15, 0.2) is 47.4 Å². The molecule has 0 aliphatic carbocycles. The molecule has 1 fully saturated rings. The summed E-state index contributed by atoms with van der Waals surface area (Å²) >= 11 is 0. The summed E-state index contributed by atoms with van der Waals surface area (Å²) in [6.45, 7) is 4.44. The molecular formula is C24H31N3O5S. The number of rotatable bonds is 7. The molecular weight excluding hydrogens is 442 g/mol. The van der Waals surface area contributed by atoms with E-state index in [1.54, 1.807) is 6.92 Å². The van der Waals surface area contributed by atoms with Gasteiger partial charge in [0.15, 0.2) is 0 Å². The van der Waals surface area contributed by atoms with E-state index in [1.807, 2.05) is 44.1 Å². The molecule has 0 atom stereocenters. The van der Waals surface area contributed by atoms with Crippen molar-refractivity contribution in [3.8, 4) is 0 Å². The van der Waals surface area contributed by atoms with Crippen molar-refractivity contribution < 1.29 is 22.7 Å². The molecule has 3 rings (SSSR count). The zero-order valence-corrected chi connectivity index (χ0v) is 20.3. The second kappa shape index (κ2) is 10.4. The molecule has 0 spiro atoms. The van der Waals surface area contributed by atoms with E-state index in [0.29, 0.717) is 18.4 Å². The first-order valence-corrected chi connectivity index (χ1v) is 12.4. The minimum atomic E-state index is -3.70. The van der Waals surface area contributed by atoms with E-state index in [0.717, 1.165) is 16.9 Å². The smallest absolute Gasteiger partial charge is 0.338 e. The Morgan fingerprint density at radius 2 is 1.73 bits per heavy atom. The van der Waals surface area contributed by atoms with E-state index in [9.17, 15) is 18.0 Å². The molecule has 33 heavy (non-hydrogen) atoms. The number of benzene rings is 2. The quantitative estimate of drug-likeness (QED) is 0.620. The minimum absolute atomic E-state index is 0.0912. The summed E-state index contributed by atoms with van der Waals surface area (Å²) in [5, 5.41) is 2.99. The number of anilines is 2. The number of nitrogens with one attached hydrogen (secondary N) is 1. The van der Waals surface area contributed by atoms with Crippen molar-refractivity contribution in [1.29, 1.82) is 0 Å². The predicted molar refractivity (Wildman–Crippen MR) is 128 cm³/mol. The van der Waals surface area contributed by atoms with Crippen LogP contribution in [0.4, 0.5) is 11.4 Å². The third kappa shape index (κ3) is 5.72. The molecule has 2 aromatic rings. The van der Waals surface area contributed by atoms with Crippen LogP contribution in [0.2, 0.25) is 0 Å². The van der Waals surface area contributed by atoms with Gasteiger partial charge in [-0.1, -0.05) is 0 Å². The minimum Gasteiger partial charge on any atom is -0.462 e. The fraction of sp³-hybridized carbons (Fsp3) is 0.417. The third-order valence-electron chi connectivity index (χ3n) is 5.81. The van der Waals surface area contributed by atoms with Gasteiger partial charge < -0.3 is 15.0 Å². The second-order valence-electron chi connectivity index (χ2n) is 8.31. The lowest BCUT2D eigenvalue weighted by Gasteiger charge is -2.30. The van der Waals surface area contributed by atoms with E-state index < -0.39 is 16.0 Å². The number of nitrogens with zero attached hydrogens (tertiary/aromatic N) is 2. The third-order valence-corrected chi connectivity index (χ3v) is 7.73. The zero-order chi connectivity index (χ0) is 24.2. The summed E-state index contributed by atoms with van der Waals surface area (Å²) in [7, 11) is 0.224. The molecule has 9 heteroatoms. The molecule has 1 heterocycles. The molecule has 0 saturated carbocycles. The molecule has 1 N–H and O–H groups in total. The van der Waals surface area contributed by atoms with Gasteiger partial charge in [-0.3, -0.25) is 4.79 Å². The Bertz CT molecular complexity index is 1110. The average Bonchev–Trinajstić information content (AvgIpc) is 2.80. The summed E-state index contributed by atoms with van der Waals surface area (Å²) in [5.41, 5.74) is 3.10. The molecule has 0 unspecified atom stereocenters. The Hall–Kier alpha value is -2.91. The van der Waals surface area contributed by atoms with Gasteiger partial charge in [-0.15, -0.1) is 0 Å². The van der Waals surface area contributed by atoms with Crippen LogP contribution in [-0.2, 0) is 19.6 Å². The molecule has 2 aromatic carbocycles. The van der Waals surface area contributed by atoms with Crippen molar-refractivity contribution in [3.63, 3.8) is 0 Å². The highest BCUT2D eigenvalue weighted by molar-refractivity contribution is 7.89. The molecule has 1 saturated heterocycles. The van der Waals surface area contributed by atoms with E-state index in [2.05, 4.69) is 5.32 Å². The van der Waals surface area contributed by atoms with Gasteiger partial charge in [0, 0.05) is 44.5 Å². The Labute approximate surface area is 195 Å². The molecule has 0 bridgehead atoms. The molecule has 1 amide bonds. The van der Waals surface area contributed by atoms with Gasteiger partial charge in [-0.25, -0.2) is 13.2 Å². The summed E-state index contributed by atoms with van der Waals surface area (Å²) in [5.74, 6) is -0.832. The highest BCUT2D eigenvalue weighted by Crippen LogP contribution is 2.27. The maximum absolute atomic E-state index is 13.0. The van der Waals surface area contributed by atoms with Crippen molar-refractivity contribution in [2.24, 2.45) is 5.92 Å². The zero-order valence-electron chi connectivity index (χ0n) is 19.5. The fourth-order valence-electron chi connectivity index (χ4n) is 3.79. The lowest BCUT2D eigenvalue weighted by Crippen LogP contribution is -2.41. The first kappa shape index (κ1) is 24.7. The largest absolute Gasteiger partial charge is 0.462 e. The Morgan fingerprint density at radius 3 is 2.27 bits per heavy atom. The summed E-state index contributed by atoms with van der Waals surface area (Å²) in [4.78, 5) is 26.7. The topological polar surface area (TPSA) is 96.0 Å².